The standard InChI is InChI=1S/C9H18N4O2S2/c1-7(6-16-3)13-17(14,15)9-8(4-10-2)5-11-12-9/h5,7,10,13H,4,6H2,1-3H3,(H,11,12). The Morgan fingerprint density at radius 1 is 1.59 bits per heavy atom. The molecule has 1 heterocycles. The van der Waals surface area contributed by atoms with E-state index in [1.165, 1.54) is 6.20 Å². The van der Waals surface area contributed by atoms with Gasteiger partial charge in [-0.05, 0) is 20.2 Å². The van der Waals surface area contributed by atoms with Crippen molar-refractivity contribution in [1.29, 1.82) is 0 Å². The van der Waals surface area contributed by atoms with Gasteiger partial charge in [-0.1, -0.05) is 0 Å². The zero-order valence-electron chi connectivity index (χ0n) is 10.1. The van der Waals surface area contributed by atoms with Crippen LogP contribution in [0, 0.1) is 0 Å². The second-order valence-corrected chi connectivity index (χ2v) is 6.29. The molecule has 0 saturated carbocycles. The SMILES string of the molecule is CNCc1cn[nH]c1S(=O)(=O)NC(C)CSC. The van der Waals surface area contributed by atoms with Gasteiger partial charge < -0.3 is 5.32 Å². The van der Waals surface area contributed by atoms with Crippen LogP contribution in [0.25, 0.3) is 0 Å². The van der Waals surface area contributed by atoms with Crippen LogP contribution < -0.4 is 10.0 Å². The second-order valence-electron chi connectivity index (χ2n) is 3.73. The van der Waals surface area contributed by atoms with Crippen molar-refractivity contribution in [2.24, 2.45) is 0 Å². The van der Waals surface area contributed by atoms with Crippen molar-refractivity contribution in [3.63, 3.8) is 0 Å². The number of H-pyrrole nitrogens is 1. The third-order valence-corrected chi connectivity index (χ3v) is 4.52. The Kier molecular flexibility index (Phi) is 5.44. The number of aromatic nitrogens is 2. The van der Waals surface area contributed by atoms with E-state index in [1.54, 1.807) is 18.8 Å². The Hall–Kier alpha value is -0.570. The van der Waals surface area contributed by atoms with Gasteiger partial charge in [0.05, 0.1) is 6.20 Å². The molecule has 1 aromatic rings. The zero-order valence-corrected chi connectivity index (χ0v) is 11.8. The van der Waals surface area contributed by atoms with Crippen molar-refractivity contribution in [3.8, 4) is 0 Å². The normalized spacial score (nSPS) is 13.8. The lowest BCUT2D eigenvalue weighted by Gasteiger charge is -2.12. The predicted molar refractivity (Wildman–Crippen MR) is 69.5 cm³/mol. The van der Waals surface area contributed by atoms with Gasteiger partial charge in [0.25, 0.3) is 10.0 Å². The molecule has 8 heteroatoms. The first-order chi connectivity index (χ1) is 8.01. The summed E-state index contributed by atoms with van der Waals surface area (Å²) in [6.07, 6.45) is 3.46. The molecule has 3 N–H and O–H groups in total. The molecule has 0 aliphatic carbocycles. The van der Waals surface area contributed by atoms with Crippen LogP contribution in [-0.2, 0) is 16.6 Å². The van der Waals surface area contributed by atoms with Gasteiger partial charge in [0.2, 0.25) is 0 Å². The molecule has 0 amide bonds. The van der Waals surface area contributed by atoms with Gasteiger partial charge >= 0.3 is 0 Å². The van der Waals surface area contributed by atoms with Crippen LogP contribution in [0.2, 0.25) is 0 Å². The number of sulfonamides is 1. The molecule has 0 fully saturated rings. The van der Waals surface area contributed by atoms with Crippen LogP contribution >= 0.6 is 11.8 Å². The summed E-state index contributed by atoms with van der Waals surface area (Å²) >= 11 is 1.60. The Labute approximate surface area is 106 Å². The Morgan fingerprint density at radius 3 is 2.88 bits per heavy atom. The molecule has 1 atom stereocenters. The highest BCUT2D eigenvalue weighted by Gasteiger charge is 2.22. The monoisotopic (exact) mass is 278 g/mol. The Morgan fingerprint density at radius 2 is 2.29 bits per heavy atom. The number of hydrogen-bond acceptors (Lipinski definition) is 5. The fraction of sp³-hybridized carbons (Fsp3) is 0.667. The van der Waals surface area contributed by atoms with E-state index in [4.69, 9.17) is 0 Å². The lowest BCUT2D eigenvalue weighted by molar-refractivity contribution is 0.565. The first-order valence-corrected chi connectivity index (χ1v) is 8.07. The van der Waals surface area contributed by atoms with Crippen LogP contribution in [0.1, 0.15) is 12.5 Å². The summed E-state index contributed by atoms with van der Waals surface area (Å²) < 4.78 is 26.7. The lowest BCUT2D eigenvalue weighted by Crippen LogP contribution is -2.35. The van der Waals surface area contributed by atoms with Crippen LogP contribution in [-0.4, -0.2) is 43.7 Å². The van der Waals surface area contributed by atoms with E-state index < -0.39 is 10.0 Å². The minimum absolute atomic E-state index is 0.110. The number of hydrogen-bond donors (Lipinski definition) is 3. The molecule has 17 heavy (non-hydrogen) atoms. The zero-order chi connectivity index (χ0) is 12.9. The third kappa shape index (κ3) is 3.98. The third-order valence-electron chi connectivity index (χ3n) is 2.09. The van der Waals surface area contributed by atoms with Crippen molar-refractivity contribution >= 4 is 21.8 Å². The molecule has 1 aromatic heterocycles. The average Bonchev–Trinajstić information content (AvgIpc) is 2.66. The smallest absolute Gasteiger partial charge is 0.258 e. The molecule has 1 rings (SSSR count). The summed E-state index contributed by atoms with van der Waals surface area (Å²) in [5.74, 6) is 0.731. The van der Waals surface area contributed by atoms with Crippen LogP contribution in [0.4, 0.5) is 0 Å². The molecular weight excluding hydrogens is 260 g/mol. The van der Waals surface area contributed by atoms with Gasteiger partial charge in [0.1, 0.15) is 0 Å². The summed E-state index contributed by atoms with van der Waals surface area (Å²) in [7, 11) is -1.76. The number of nitrogens with one attached hydrogen (secondary N) is 3. The highest BCUT2D eigenvalue weighted by molar-refractivity contribution is 7.98. The maximum Gasteiger partial charge on any atom is 0.258 e. The summed E-state index contributed by atoms with van der Waals surface area (Å²) in [6.45, 7) is 2.30. The van der Waals surface area contributed by atoms with E-state index in [0.717, 1.165) is 5.75 Å². The van der Waals surface area contributed by atoms with Crippen LogP contribution in [0.15, 0.2) is 11.2 Å². The van der Waals surface area contributed by atoms with Gasteiger partial charge in [0, 0.05) is 23.9 Å². The van der Waals surface area contributed by atoms with Gasteiger partial charge in [-0.3, -0.25) is 5.10 Å². The van der Waals surface area contributed by atoms with Gasteiger partial charge in [-0.15, -0.1) is 0 Å². The molecule has 0 radical (unpaired) electrons. The molecule has 6 nitrogen and oxygen atoms in total. The molecule has 0 aromatic carbocycles. The van der Waals surface area contributed by atoms with E-state index >= 15 is 0 Å². The van der Waals surface area contributed by atoms with E-state index in [0.29, 0.717) is 12.1 Å². The molecular formula is C9H18N4O2S2. The quantitative estimate of drug-likeness (QED) is 0.661. The van der Waals surface area contributed by atoms with Crippen molar-refractivity contribution < 1.29 is 8.42 Å². The largest absolute Gasteiger partial charge is 0.316 e. The Balaban J connectivity index is 2.85. The van der Waals surface area contributed by atoms with Crippen LogP contribution in [0.3, 0.4) is 0 Å². The van der Waals surface area contributed by atoms with Crippen LogP contribution in [0.5, 0.6) is 0 Å². The van der Waals surface area contributed by atoms with E-state index in [-0.39, 0.29) is 11.1 Å². The molecule has 0 bridgehead atoms. The molecule has 98 valence electrons. The molecule has 0 aliphatic heterocycles. The molecule has 0 spiro atoms. The number of nitrogens with zero attached hydrogens (tertiary/aromatic N) is 1. The number of rotatable bonds is 7. The minimum Gasteiger partial charge on any atom is -0.316 e. The maximum absolute atomic E-state index is 12.1. The predicted octanol–water partition coefficient (Wildman–Crippen LogP) is 0.159. The highest BCUT2D eigenvalue weighted by atomic mass is 32.2. The summed E-state index contributed by atoms with van der Waals surface area (Å²) in [5, 5.41) is 9.35. The van der Waals surface area contributed by atoms with Crippen molar-refractivity contribution in [2.45, 2.75) is 24.5 Å². The van der Waals surface area contributed by atoms with Gasteiger partial charge in [-0.25, -0.2) is 13.1 Å². The van der Waals surface area contributed by atoms with E-state index in [1.807, 2.05) is 13.2 Å². The van der Waals surface area contributed by atoms with E-state index in [2.05, 4.69) is 20.2 Å². The maximum atomic E-state index is 12.1. The van der Waals surface area contributed by atoms with Crippen molar-refractivity contribution in [2.75, 3.05) is 19.1 Å². The lowest BCUT2D eigenvalue weighted by atomic mass is 10.4. The summed E-state index contributed by atoms with van der Waals surface area (Å²) in [6, 6.07) is -0.110. The fourth-order valence-corrected chi connectivity index (χ4v) is 3.52. The van der Waals surface area contributed by atoms with Crippen molar-refractivity contribution in [1.82, 2.24) is 20.2 Å². The minimum atomic E-state index is -3.51. The number of aromatic amines is 1. The van der Waals surface area contributed by atoms with E-state index in [9.17, 15) is 8.42 Å². The Bertz CT molecular complexity index is 444. The highest BCUT2D eigenvalue weighted by Crippen LogP contribution is 2.12. The van der Waals surface area contributed by atoms with Gasteiger partial charge in [0.15, 0.2) is 5.03 Å². The summed E-state index contributed by atoms with van der Waals surface area (Å²) in [4.78, 5) is 0. The first-order valence-electron chi connectivity index (χ1n) is 5.19. The topological polar surface area (TPSA) is 86.9 Å². The summed E-state index contributed by atoms with van der Waals surface area (Å²) in [5.41, 5.74) is 0.636. The molecule has 0 aliphatic rings. The van der Waals surface area contributed by atoms with Gasteiger partial charge in [-0.2, -0.15) is 16.9 Å². The first kappa shape index (κ1) is 14.5. The fourth-order valence-electron chi connectivity index (χ4n) is 1.46. The van der Waals surface area contributed by atoms with Crippen molar-refractivity contribution in [3.05, 3.63) is 11.8 Å². The second kappa shape index (κ2) is 6.39. The average molecular weight is 278 g/mol. The molecule has 0 saturated heterocycles. The number of thioether (sulfide) groups is 1. The molecule has 1 unspecified atom stereocenters.